The predicted octanol–water partition coefficient (Wildman–Crippen LogP) is 3.06. The maximum atomic E-state index is 12.2. The van der Waals surface area contributed by atoms with Gasteiger partial charge in [0.05, 0.1) is 11.7 Å². The van der Waals surface area contributed by atoms with Crippen LogP contribution >= 0.6 is 22.9 Å². The van der Waals surface area contributed by atoms with Crippen LogP contribution in [-0.4, -0.2) is 15.5 Å². The van der Waals surface area contributed by atoms with E-state index in [2.05, 4.69) is 10.3 Å². The molecule has 1 aromatic carbocycles. The van der Waals surface area contributed by atoms with Crippen LogP contribution in [0.3, 0.4) is 0 Å². The van der Waals surface area contributed by atoms with Gasteiger partial charge in [0.15, 0.2) is 0 Å². The zero-order valence-corrected chi connectivity index (χ0v) is 13.2. The second kappa shape index (κ2) is 5.90. The molecule has 0 fully saturated rings. The second-order valence-electron chi connectivity index (χ2n) is 4.78. The normalized spacial score (nSPS) is 10.8. The van der Waals surface area contributed by atoms with Crippen molar-refractivity contribution in [3.05, 3.63) is 56.9 Å². The molecule has 0 aliphatic rings. The number of carbonyl (C=O) groups is 1. The third-order valence-electron chi connectivity index (χ3n) is 3.31. The summed E-state index contributed by atoms with van der Waals surface area (Å²) >= 11 is 7.42. The van der Waals surface area contributed by atoms with Crippen LogP contribution in [-0.2, 0) is 11.3 Å². The first-order chi connectivity index (χ1) is 10.6. The lowest BCUT2D eigenvalue weighted by Gasteiger charge is -2.10. The number of hydrogen-bond acceptors (Lipinski definition) is 4. The molecule has 0 unspecified atom stereocenters. The van der Waals surface area contributed by atoms with Gasteiger partial charge in [-0.2, -0.15) is 0 Å². The van der Waals surface area contributed by atoms with Gasteiger partial charge in [-0.1, -0.05) is 17.7 Å². The van der Waals surface area contributed by atoms with Crippen LogP contribution in [0.5, 0.6) is 0 Å². The van der Waals surface area contributed by atoms with Crippen LogP contribution in [0.15, 0.2) is 40.8 Å². The van der Waals surface area contributed by atoms with Crippen molar-refractivity contribution in [2.75, 3.05) is 5.32 Å². The number of halogens is 1. The Kier molecular flexibility index (Phi) is 3.96. The number of nitrogens with zero attached hydrogens (tertiary/aromatic N) is 2. The van der Waals surface area contributed by atoms with Crippen molar-refractivity contribution in [2.24, 2.45) is 0 Å². The maximum absolute atomic E-state index is 12.2. The van der Waals surface area contributed by atoms with Crippen LogP contribution in [0, 0.1) is 6.92 Å². The molecule has 0 aliphatic carbocycles. The molecule has 0 saturated carbocycles. The van der Waals surface area contributed by atoms with E-state index in [0.717, 1.165) is 5.56 Å². The van der Waals surface area contributed by atoms with Gasteiger partial charge in [0.2, 0.25) is 5.91 Å². The topological polar surface area (TPSA) is 64.0 Å². The molecule has 2 aromatic heterocycles. The molecule has 2 heterocycles. The van der Waals surface area contributed by atoms with Gasteiger partial charge < -0.3 is 5.32 Å². The fourth-order valence-corrected chi connectivity index (χ4v) is 2.99. The first-order valence-corrected chi connectivity index (χ1v) is 7.79. The van der Waals surface area contributed by atoms with Crippen molar-refractivity contribution in [3.8, 4) is 0 Å². The second-order valence-corrected chi connectivity index (χ2v) is 6.08. The summed E-state index contributed by atoms with van der Waals surface area (Å²) in [7, 11) is 0. The zero-order chi connectivity index (χ0) is 15.7. The van der Waals surface area contributed by atoms with Crippen molar-refractivity contribution >= 4 is 44.7 Å². The third kappa shape index (κ3) is 2.75. The average Bonchev–Trinajstić information content (AvgIpc) is 2.96. The lowest BCUT2D eigenvalue weighted by molar-refractivity contribution is -0.116. The van der Waals surface area contributed by atoms with Gasteiger partial charge in [-0.25, -0.2) is 4.98 Å². The van der Waals surface area contributed by atoms with Gasteiger partial charge in [0, 0.05) is 10.7 Å². The standard InChI is InChI=1S/C15H12ClN3O2S/c1-9-11(16)3-2-4-12(9)18-13(20)7-19-8-17-14-10(15(19)21)5-6-22-14/h2-6,8H,7H2,1H3,(H,18,20). The predicted molar refractivity (Wildman–Crippen MR) is 88.7 cm³/mol. The van der Waals surface area contributed by atoms with Crippen LogP contribution in [0.4, 0.5) is 5.69 Å². The van der Waals surface area contributed by atoms with E-state index >= 15 is 0 Å². The fraction of sp³-hybridized carbons (Fsp3) is 0.133. The molecule has 112 valence electrons. The largest absolute Gasteiger partial charge is 0.324 e. The Balaban J connectivity index is 1.83. The SMILES string of the molecule is Cc1c(Cl)cccc1NC(=O)Cn1cnc2sccc2c1=O. The highest BCUT2D eigenvalue weighted by Crippen LogP contribution is 2.22. The number of hydrogen-bond donors (Lipinski definition) is 1. The Morgan fingerprint density at radius 2 is 2.23 bits per heavy atom. The summed E-state index contributed by atoms with van der Waals surface area (Å²) < 4.78 is 1.30. The van der Waals surface area contributed by atoms with E-state index in [1.54, 1.807) is 29.6 Å². The van der Waals surface area contributed by atoms with Gasteiger partial charge in [-0.05, 0) is 36.1 Å². The molecule has 1 amide bonds. The monoisotopic (exact) mass is 333 g/mol. The van der Waals surface area contributed by atoms with Gasteiger partial charge in [0.25, 0.3) is 5.56 Å². The summed E-state index contributed by atoms with van der Waals surface area (Å²) in [6, 6.07) is 6.99. The maximum Gasteiger partial charge on any atom is 0.262 e. The highest BCUT2D eigenvalue weighted by atomic mass is 35.5. The summed E-state index contributed by atoms with van der Waals surface area (Å²) in [5.74, 6) is -0.302. The minimum Gasteiger partial charge on any atom is -0.324 e. The Bertz CT molecular complexity index is 917. The Labute approximate surface area is 135 Å². The number of fused-ring (bicyclic) bond motifs is 1. The molecule has 0 aliphatic heterocycles. The number of thiophene rings is 1. The number of amides is 1. The summed E-state index contributed by atoms with van der Waals surface area (Å²) in [4.78, 5) is 29.2. The molecular formula is C15H12ClN3O2S. The number of anilines is 1. The van der Waals surface area contributed by atoms with E-state index in [1.807, 2.05) is 6.92 Å². The number of aromatic nitrogens is 2. The Morgan fingerprint density at radius 3 is 3.05 bits per heavy atom. The molecule has 1 N–H and O–H groups in total. The van der Waals surface area contributed by atoms with E-state index in [-0.39, 0.29) is 18.0 Å². The summed E-state index contributed by atoms with van der Waals surface area (Å²) in [5.41, 5.74) is 1.20. The molecule has 0 spiro atoms. The molecule has 3 rings (SSSR count). The molecule has 22 heavy (non-hydrogen) atoms. The highest BCUT2D eigenvalue weighted by Gasteiger charge is 2.10. The lowest BCUT2D eigenvalue weighted by Crippen LogP contribution is -2.27. The Hall–Kier alpha value is -2.18. The van der Waals surface area contributed by atoms with E-state index in [4.69, 9.17) is 11.6 Å². The average molecular weight is 334 g/mol. The van der Waals surface area contributed by atoms with E-state index in [9.17, 15) is 9.59 Å². The summed E-state index contributed by atoms with van der Waals surface area (Å²) in [6.45, 7) is 1.73. The lowest BCUT2D eigenvalue weighted by atomic mass is 10.2. The third-order valence-corrected chi connectivity index (χ3v) is 4.54. The minimum atomic E-state index is -0.302. The number of carbonyl (C=O) groups excluding carboxylic acids is 1. The number of rotatable bonds is 3. The molecule has 0 bridgehead atoms. The van der Waals surface area contributed by atoms with Crippen LogP contribution in [0.25, 0.3) is 10.2 Å². The molecule has 3 aromatic rings. The molecule has 0 radical (unpaired) electrons. The first-order valence-electron chi connectivity index (χ1n) is 6.54. The van der Waals surface area contributed by atoms with Crippen LogP contribution in [0.1, 0.15) is 5.56 Å². The highest BCUT2D eigenvalue weighted by molar-refractivity contribution is 7.16. The van der Waals surface area contributed by atoms with Gasteiger partial charge in [-0.15, -0.1) is 11.3 Å². The van der Waals surface area contributed by atoms with E-state index in [0.29, 0.717) is 20.9 Å². The summed E-state index contributed by atoms with van der Waals surface area (Å²) in [5, 5.41) is 5.67. The van der Waals surface area contributed by atoms with E-state index in [1.165, 1.54) is 22.2 Å². The molecule has 7 heteroatoms. The zero-order valence-electron chi connectivity index (χ0n) is 11.7. The number of benzene rings is 1. The minimum absolute atomic E-state index is 0.0937. The molecule has 0 atom stereocenters. The van der Waals surface area contributed by atoms with Crippen LogP contribution < -0.4 is 10.9 Å². The van der Waals surface area contributed by atoms with Crippen molar-refractivity contribution in [2.45, 2.75) is 13.5 Å². The molecule has 5 nitrogen and oxygen atoms in total. The summed E-state index contributed by atoms with van der Waals surface area (Å²) in [6.07, 6.45) is 1.39. The van der Waals surface area contributed by atoms with Crippen molar-refractivity contribution in [3.63, 3.8) is 0 Å². The van der Waals surface area contributed by atoms with Crippen molar-refractivity contribution in [1.82, 2.24) is 9.55 Å². The van der Waals surface area contributed by atoms with Crippen LogP contribution in [0.2, 0.25) is 5.02 Å². The smallest absolute Gasteiger partial charge is 0.262 e. The van der Waals surface area contributed by atoms with Gasteiger partial charge in [-0.3, -0.25) is 14.2 Å². The number of nitrogens with one attached hydrogen (secondary N) is 1. The van der Waals surface area contributed by atoms with Gasteiger partial charge in [0.1, 0.15) is 11.4 Å². The first kappa shape index (κ1) is 14.7. The molecule has 0 saturated heterocycles. The fourth-order valence-electron chi connectivity index (χ4n) is 2.09. The van der Waals surface area contributed by atoms with Crippen molar-refractivity contribution < 1.29 is 4.79 Å². The Morgan fingerprint density at radius 1 is 1.41 bits per heavy atom. The van der Waals surface area contributed by atoms with E-state index < -0.39 is 0 Å². The van der Waals surface area contributed by atoms with Gasteiger partial charge >= 0.3 is 0 Å². The molecular weight excluding hydrogens is 322 g/mol. The van der Waals surface area contributed by atoms with Crippen molar-refractivity contribution in [1.29, 1.82) is 0 Å². The quantitative estimate of drug-likeness (QED) is 0.801.